The van der Waals surface area contributed by atoms with E-state index in [1.807, 2.05) is 0 Å². The molecule has 0 bridgehead atoms. The normalized spacial score (nSPS) is 17.0. The van der Waals surface area contributed by atoms with Crippen LogP contribution in [-0.2, 0) is 12.6 Å². The van der Waals surface area contributed by atoms with Crippen molar-refractivity contribution in [3.05, 3.63) is 70.9 Å². The molecule has 27 heavy (non-hydrogen) atoms. The fraction of sp³-hybridized carbons (Fsp3) is 0.211. The Hall–Kier alpha value is -3.03. The first-order valence-electron chi connectivity index (χ1n) is 8.22. The molecule has 8 heteroatoms. The third-order valence-corrected chi connectivity index (χ3v) is 4.67. The maximum atomic E-state index is 13.9. The summed E-state index contributed by atoms with van der Waals surface area (Å²) < 4.78 is 52.9. The molecule has 3 aromatic rings. The summed E-state index contributed by atoms with van der Waals surface area (Å²) >= 11 is 0. The smallest absolute Gasteiger partial charge is 0.294 e. The number of benzene rings is 1. The highest BCUT2D eigenvalue weighted by Gasteiger charge is 2.33. The Kier molecular flexibility index (Phi) is 4.05. The number of pyridine rings is 1. The van der Waals surface area contributed by atoms with E-state index < -0.39 is 17.7 Å². The summed E-state index contributed by atoms with van der Waals surface area (Å²) in [5, 5.41) is 6.65. The average Bonchev–Trinajstić information content (AvgIpc) is 3.10. The van der Waals surface area contributed by atoms with E-state index in [4.69, 9.17) is 0 Å². The van der Waals surface area contributed by atoms with E-state index in [0.717, 1.165) is 12.1 Å². The topological polar surface area (TPSA) is 58.6 Å². The lowest BCUT2D eigenvalue weighted by Gasteiger charge is -2.23. The number of aromatic amines is 1. The molecule has 2 heterocycles. The van der Waals surface area contributed by atoms with Gasteiger partial charge in [-0.25, -0.2) is 9.37 Å². The van der Waals surface area contributed by atoms with Gasteiger partial charge in [0.05, 0.1) is 17.5 Å². The van der Waals surface area contributed by atoms with E-state index in [2.05, 4.69) is 15.2 Å². The fourth-order valence-electron chi connectivity index (χ4n) is 3.43. The molecular formula is C19H13F4N3O. The number of H-pyrrole nitrogens is 1. The Morgan fingerprint density at radius 2 is 1.89 bits per heavy atom. The average molecular weight is 375 g/mol. The molecule has 1 unspecified atom stereocenters. The van der Waals surface area contributed by atoms with Crippen LogP contribution in [0.4, 0.5) is 17.6 Å². The van der Waals surface area contributed by atoms with Crippen molar-refractivity contribution in [3.63, 3.8) is 0 Å². The summed E-state index contributed by atoms with van der Waals surface area (Å²) in [6.45, 7) is 0. The third-order valence-electron chi connectivity index (χ3n) is 4.67. The molecule has 0 saturated heterocycles. The molecular weight excluding hydrogens is 362 g/mol. The summed E-state index contributed by atoms with van der Waals surface area (Å²) in [6.07, 6.45) is -2.51. The highest BCUT2D eigenvalue weighted by atomic mass is 19.4. The van der Waals surface area contributed by atoms with Gasteiger partial charge in [-0.1, -0.05) is 12.1 Å². The maximum absolute atomic E-state index is 13.9. The number of nitrogens with zero attached hydrogens (tertiary/aromatic N) is 2. The number of aromatic nitrogens is 3. The summed E-state index contributed by atoms with van der Waals surface area (Å²) in [6, 6.07) is 7.40. The van der Waals surface area contributed by atoms with Gasteiger partial charge in [-0.15, -0.1) is 0 Å². The molecule has 2 aromatic heterocycles. The monoisotopic (exact) mass is 375 g/mol. The van der Waals surface area contributed by atoms with Crippen molar-refractivity contribution in [2.45, 2.75) is 24.9 Å². The predicted molar refractivity (Wildman–Crippen MR) is 88.6 cm³/mol. The molecule has 1 aliphatic carbocycles. The number of alkyl halides is 3. The highest BCUT2D eigenvalue weighted by Crippen LogP contribution is 2.38. The first kappa shape index (κ1) is 17.4. The SMILES string of the molecule is O=C1CC(c2ccc(F)cc2-c2cccc(C(F)(F)F)n2)Cc2[nH]ncc21. The van der Waals surface area contributed by atoms with Crippen LogP contribution in [0.2, 0.25) is 0 Å². The van der Waals surface area contributed by atoms with E-state index in [0.29, 0.717) is 23.2 Å². The Bertz CT molecular complexity index is 1030. The summed E-state index contributed by atoms with van der Waals surface area (Å²) in [5.74, 6) is -1.00. The van der Waals surface area contributed by atoms with Crippen LogP contribution in [-0.4, -0.2) is 21.0 Å². The molecule has 0 radical (unpaired) electrons. The summed E-state index contributed by atoms with van der Waals surface area (Å²) in [7, 11) is 0. The first-order chi connectivity index (χ1) is 12.8. The molecule has 1 N–H and O–H groups in total. The molecule has 1 atom stereocenters. The van der Waals surface area contributed by atoms with Gasteiger partial charge in [0.2, 0.25) is 0 Å². The number of carbonyl (C=O) groups excluding carboxylic acids is 1. The van der Waals surface area contributed by atoms with Gasteiger partial charge in [0.1, 0.15) is 11.5 Å². The molecule has 4 nitrogen and oxygen atoms in total. The number of fused-ring (bicyclic) bond motifs is 1. The number of hydrogen-bond donors (Lipinski definition) is 1. The van der Waals surface area contributed by atoms with E-state index in [1.54, 1.807) is 0 Å². The van der Waals surface area contributed by atoms with Crippen LogP contribution < -0.4 is 0 Å². The molecule has 0 aliphatic heterocycles. The van der Waals surface area contributed by atoms with Crippen LogP contribution >= 0.6 is 0 Å². The maximum Gasteiger partial charge on any atom is 0.433 e. The van der Waals surface area contributed by atoms with Crippen LogP contribution in [0, 0.1) is 5.82 Å². The molecule has 1 aromatic carbocycles. The Morgan fingerprint density at radius 1 is 1.07 bits per heavy atom. The predicted octanol–water partition coefficient (Wildman–Crippen LogP) is 4.54. The zero-order valence-electron chi connectivity index (χ0n) is 13.8. The highest BCUT2D eigenvalue weighted by molar-refractivity contribution is 5.98. The molecule has 0 amide bonds. The third kappa shape index (κ3) is 3.22. The lowest BCUT2D eigenvalue weighted by Crippen LogP contribution is -2.19. The molecule has 4 rings (SSSR count). The molecule has 0 fully saturated rings. The number of ketones is 1. The summed E-state index contributed by atoms with van der Waals surface area (Å²) in [5.41, 5.74) is 0.988. The molecule has 138 valence electrons. The van der Waals surface area contributed by atoms with Crippen molar-refractivity contribution < 1.29 is 22.4 Å². The van der Waals surface area contributed by atoms with E-state index in [-0.39, 0.29) is 29.4 Å². The van der Waals surface area contributed by atoms with E-state index in [1.165, 1.54) is 30.5 Å². The van der Waals surface area contributed by atoms with Crippen LogP contribution in [0.3, 0.4) is 0 Å². The number of Topliss-reactive ketones (excluding diaryl/α,β-unsaturated/α-hetero) is 1. The molecule has 0 saturated carbocycles. The molecule has 1 aliphatic rings. The Morgan fingerprint density at radius 3 is 2.67 bits per heavy atom. The van der Waals surface area contributed by atoms with Crippen LogP contribution in [0.5, 0.6) is 0 Å². The summed E-state index contributed by atoms with van der Waals surface area (Å²) in [4.78, 5) is 16.0. The lowest BCUT2D eigenvalue weighted by atomic mass is 9.80. The second-order valence-electron chi connectivity index (χ2n) is 6.43. The van der Waals surface area contributed by atoms with Crippen molar-refractivity contribution in [1.29, 1.82) is 0 Å². The van der Waals surface area contributed by atoms with E-state index in [9.17, 15) is 22.4 Å². The van der Waals surface area contributed by atoms with Gasteiger partial charge in [0.15, 0.2) is 5.78 Å². The van der Waals surface area contributed by atoms with Gasteiger partial charge in [-0.3, -0.25) is 9.89 Å². The minimum Gasteiger partial charge on any atom is -0.294 e. The van der Waals surface area contributed by atoms with Gasteiger partial charge in [0.25, 0.3) is 0 Å². The number of halogens is 4. The van der Waals surface area contributed by atoms with Gasteiger partial charge >= 0.3 is 6.18 Å². The lowest BCUT2D eigenvalue weighted by molar-refractivity contribution is -0.141. The van der Waals surface area contributed by atoms with Gasteiger partial charge in [0, 0.05) is 17.7 Å². The van der Waals surface area contributed by atoms with Crippen molar-refractivity contribution >= 4 is 5.78 Å². The number of nitrogens with one attached hydrogen (secondary N) is 1. The largest absolute Gasteiger partial charge is 0.433 e. The number of hydrogen-bond acceptors (Lipinski definition) is 3. The Balaban J connectivity index is 1.80. The first-order valence-corrected chi connectivity index (χ1v) is 8.22. The van der Waals surface area contributed by atoms with Crippen molar-refractivity contribution in [1.82, 2.24) is 15.2 Å². The zero-order valence-corrected chi connectivity index (χ0v) is 13.8. The van der Waals surface area contributed by atoms with Crippen LogP contribution in [0.15, 0.2) is 42.6 Å². The minimum absolute atomic E-state index is 0.0159. The van der Waals surface area contributed by atoms with Crippen molar-refractivity contribution in [2.75, 3.05) is 0 Å². The number of carbonyl (C=O) groups is 1. The van der Waals surface area contributed by atoms with Gasteiger partial charge < -0.3 is 0 Å². The van der Waals surface area contributed by atoms with Crippen LogP contribution in [0.1, 0.15) is 39.6 Å². The standard InChI is InChI=1S/C19H13F4N3O/c20-11-4-5-12(10-6-16-14(9-24-26-16)17(27)7-10)13(8-11)15-2-1-3-18(25-15)19(21,22)23/h1-5,8-10H,6-7H2,(H,24,26). The molecule has 0 spiro atoms. The fourth-order valence-corrected chi connectivity index (χ4v) is 3.43. The number of rotatable bonds is 2. The minimum atomic E-state index is -4.60. The Labute approximate surface area is 151 Å². The quantitative estimate of drug-likeness (QED) is 0.669. The second kappa shape index (κ2) is 6.29. The van der Waals surface area contributed by atoms with Gasteiger partial charge in [-0.05, 0) is 42.2 Å². The van der Waals surface area contributed by atoms with Gasteiger partial charge in [-0.2, -0.15) is 18.3 Å². The zero-order chi connectivity index (χ0) is 19.2. The second-order valence-corrected chi connectivity index (χ2v) is 6.43. The van der Waals surface area contributed by atoms with Crippen molar-refractivity contribution in [3.8, 4) is 11.3 Å². The van der Waals surface area contributed by atoms with Crippen molar-refractivity contribution in [2.24, 2.45) is 0 Å². The van der Waals surface area contributed by atoms with E-state index >= 15 is 0 Å². The van der Waals surface area contributed by atoms with Crippen LogP contribution in [0.25, 0.3) is 11.3 Å².